The van der Waals surface area contributed by atoms with Crippen molar-refractivity contribution in [2.24, 2.45) is 5.92 Å². The molecule has 1 fully saturated rings. The van der Waals surface area contributed by atoms with Crippen molar-refractivity contribution in [1.82, 2.24) is 13.9 Å². The molecule has 1 aliphatic rings. The first-order chi connectivity index (χ1) is 10.8. The van der Waals surface area contributed by atoms with Crippen LogP contribution >= 0.6 is 11.6 Å². The number of rotatable bonds is 5. The average molecular weight is 360 g/mol. The van der Waals surface area contributed by atoms with E-state index in [1.165, 1.54) is 22.7 Å². The molecule has 0 radical (unpaired) electrons. The number of carbonyl (C=O) groups is 1. The second-order valence-corrected chi connectivity index (χ2v) is 8.40. The fourth-order valence-corrected chi connectivity index (χ4v) is 4.05. The molecule has 1 atom stereocenters. The molecule has 1 aromatic rings. The van der Waals surface area contributed by atoms with Crippen molar-refractivity contribution < 1.29 is 13.2 Å². The van der Waals surface area contributed by atoms with Gasteiger partial charge in [0, 0.05) is 33.7 Å². The molecule has 1 aliphatic heterocycles. The van der Waals surface area contributed by atoms with Gasteiger partial charge in [-0.05, 0) is 30.9 Å². The van der Waals surface area contributed by atoms with Crippen LogP contribution in [-0.4, -0.2) is 56.7 Å². The Morgan fingerprint density at radius 1 is 1.39 bits per heavy atom. The summed E-state index contributed by atoms with van der Waals surface area (Å²) >= 11 is 6.00. The number of hydrogen-bond donors (Lipinski definition) is 1. The molecule has 1 N–H and O–H groups in total. The van der Waals surface area contributed by atoms with Crippen LogP contribution in [0.1, 0.15) is 23.2 Å². The van der Waals surface area contributed by atoms with E-state index < -0.39 is 10.2 Å². The topological polar surface area (TPSA) is 69.7 Å². The van der Waals surface area contributed by atoms with Gasteiger partial charge in [0.2, 0.25) is 0 Å². The van der Waals surface area contributed by atoms with Gasteiger partial charge in [0.05, 0.1) is 10.6 Å². The van der Waals surface area contributed by atoms with Gasteiger partial charge in [-0.15, -0.1) is 0 Å². The number of nitrogens with one attached hydrogen (secondary N) is 1. The van der Waals surface area contributed by atoms with Crippen LogP contribution in [0.5, 0.6) is 0 Å². The molecule has 1 aromatic carbocycles. The monoisotopic (exact) mass is 359 g/mol. The second-order valence-electron chi connectivity index (χ2n) is 5.85. The largest absolute Gasteiger partial charge is 0.352 e. The van der Waals surface area contributed by atoms with Crippen LogP contribution in [0.2, 0.25) is 5.02 Å². The molecule has 1 saturated heterocycles. The van der Waals surface area contributed by atoms with Gasteiger partial charge >= 0.3 is 0 Å². The van der Waals surface area contributed by atoms with Crippen molar-refractivity contribution in [3.8, 4) is 0 Å². The van der Waals surface area contributed by atoms with Crippen molar-refractivity contribution in [3.63, 3.8) is 0 Å². The molecule has 1 heterocycles. The van der Waals surface area contributed by atoms with Crippen molar-refractivity contribution >= 4 is 27.7 Å². The third-order valence-corrected chi connectivity index (χ3v) is 6.18. The van der Waals surface area contributed by atoms with Crippen LogP contribution in [0, 0.1) is 5.92 Å². The molecule has 2 rings (SSSR count). The highest BCUT2D eigenvalue weighted by atomic mass is 35.5. The summed E-state index contributed by atoms with van der Waals surface area (Å²) in [5.41, 5.74) is 0.433. The lowest BCUT2D eigenvalue weighted by Crippen LogP contribution is -2.47. The highest BCUT2D eigenvalue weighted by Crippen LogP contribution is 2.20. The normalized spacial score (nSPS) is 19.7. The molecule has 128 valence electrons. The average Bonchev–Trinajstić information content (AvgIpc) is 2.53. The van der Waals surface area contributed by atoms with Gasteiger partial charge < -0.3 is 5.32 Å². The Morgan fingerprint density at radius 2 is 2.09 bits per heavy atom. The number of piperidine rings is 1. The maximum absolute atomic E-state index is 12.2. The van der Waals surface area contributed by atoms with Crippen molar-refractivity contribution in [1.29, 1.82) is 0 Å². The first kappa shape index (κ1) is 18.2. The molecule has 1 unspecified atom stereocenters. The Labute approximate surface area is 142 Å². The molecule has 0 spiro atoms. The molecule has 0 saturated carbocycles. The highest BCUT2D eigenvalue weighted by Gasteiger charge is 2.30. The van der Waals surface area contributed by atoms with Gasteiger partial charge in [-0.3, -0.25) is 4.79 Å². The lowest BCUT2D eigenvalue weighted by molar-refractivity contribution is 0.0941. The van der Waals surface area contributed by atoms with Gasteiger partial charge in [-0.1, -0.05) is 23.7 Å². The molecule has 23 heavy (non-hydrogen) atoms. The molecular weight excluding hydrogens is 338 g/mol. The van der Waals surface area contributed by atoms with Gasteiger partial charge in [0.25, 0.3) is 16.1 Å². The van der Waals surface area contributed by atoms with Crippen LogP contribution in [0.4, 0.5) is 0 Å². The quantitative estimate of drug-likeness (QED) is 0.867. The minimum Gasteiger partial charge on any atom is -0.352 e. The van der Waals surface area contributed by atoms with Crippen molar-refractivity contribution in [2.45, 2.75) is 12.8 Å². The number of hydrogen-bond acceptors (Lipinski definition) is 3. The summed E-state index contributed by atoms with van der Waals surface area (Å²) in [5, 5.41) is 3.26. The lowest BCUT2D eigenvalue weighted by atomic mass is 9.99. The van der Waals surface area contributed by atoms with E-state index in [1.54, 1.807) is 24.3 Å². The van der Waals surface area contributed by atoms with Crippen LogP contribution in [0.25, 0.3) is 0 Å². The van der Waals surface area contributed by atoms with Gasteiger partial charge in [0.15, 0.2) is 0 Å². The summed E-state index contributed by atoms with van der Waals surface area (Å²) in [6, 6.07) is 6.86. The van der Waals surface area contributed by atoms with E-state index in [9.17, 15) is 13.2 Å². The van der Waals surface area contributed by atoms with Gasteiger partial charge in [-0.25, -0.2) is 0 Å². The maximum atomic E-state index is 12.2. The van der Waals surface area contributed by atoms with Crippen LogP contribution in [0.3, 0.4) is 0 Å². The van der Waals surface area contributed by atoms with E-state index in [1.807, 2.05) is 0 Å². The molecule has 0 aromatic heterocycles. The van der Waals surface area contributed by atoms with E-state index in [0.29, 0.717) is 30.2 Å². The second kappa shape index (κ2) is 7.61. The van der Waals surface area contributed by atoms with E-state index in [-0.39, 0.29) is 11.8 Å². The smallest absolute Gasteiger partial charge is 0.281 e. The van der Waals surface area contributed by atoms with Crippen LogP contribution in [-0.2, 0) is 10.2 Å². The molecule has 1 amide bonds. The standard InChI is InChI=1S/C15H22ClN3O3S/c1-18(2)23(21,22)19-9-5-6-12(11-19)10-17-15(20)13-7-3-4-8-14(13)16/h3-4,7-8,12H,5-6,9-11H2,1-2H3,(H,17,20). The van der Waals surface area contributed by atoms with E-state index in [0.717, 1.165) is 12.8 Å². The predicted molar refractivity (Wildman–Crippen MR) is 90.7 cm³/mol. The summed E-state index contributed by atoms with van der Waals surface area (Å²) in [6.45, 7) is 1.38. The molecular formula is C15H22ClN3O3S. The molecule has 6 nitrogen and oxygen atoms in total. The summed E-state index contributed by atoms with van der Waals surface area (Å²) in [7, 11) is -0.346. The Bertz CT molecular complexity index is 664. The Morgan fingerprint density at radius 3 is 2.74 bits per heavy atom. The first-order valence-electron chi connectivity index (χ1n) is 7.52. The van der Waals surface area contributed by atoms with Crippen molar-refractivity contribution in [3.05, 3.63) is 34.9 Å². The predicted octanol–water partition coefficient (Wildman–Crippen LogP) is 1.59. The SMILES string of the molecule is CN(C)S(=O)(=O)N1CCCC(CNC(=O)c2ccccc2Cl)C1. The molecule has 8 heteroatoms. The number of nitrogens with zero attached hydrogens (tertiary/aromatic N) is 2. The number of carbonyl (C=O) groups excluding carboxylic acids is 1. The Balaban J connectivity index is 1.94. The lowest BCUT2D eigenvalue weighted by Gasteiger charge is -2.33. The zero-order chi connectivity index (χ0) is 17.0. The minimum absolute atomic E-state index is 0.102. The zero-order valence-corrected chi connectivity index (χ0v) is 14.9. The fraction of sp³-hybridized carbons (Fsp3) is 0.533. The Hall–Kier alpha value is -1.15. The molecule has 0 aliphatic carbocycles. The number of benzene rings is 1. The van der Waals surface area contributed by atoms with Gasteiger partial charge in [-0.2, -0.15) is 17.0 Å². The maximum Gasteiger partial charge on any atom is 0.281 e. The number of halogens is 1. The molecule has 0 bridgehead atoms. The third-order valence-electron chi connectivity index (χ3n) is 3.94. The first-order valence-corrected chi connectivity index (χ1v) is 9.30. The van der Waals surface area contributed by atoms with E-state index in [2.05, 4.69) is 5.32 Å². The third kappa shape index (κ3) is 4.44. The Kier molecular flexibility index (Phi) is 6.02. The van der Waals surface area contributed by atoms with Gasteiger partial charge in [0.1, 0.15) is 0 Å². The van der Waals surface area contributed by atoms with Crippen LogP contribution < -0.4 is 5.32 Å². The fourth-order valence-electron chi connectivity index (χ4n) is 2.61. The number of amides is 1. The summed E-state index contributed by atoms with van der Waals surface area (Å²) < 4.78 is 27.1. The highest BCUT2D eigenvalue weighted by molar-refractivity contribution is 7.86. The summed E-state index contributed by atoms with van der Waals surface area (Å²) in [4.78, 5) is 12.2. The van der Waals surface area contributed by atoms with E-state index in [4.69, 9.17) is 11.6 Å². The summed E-state index contributed by atoms with van der Waals surface area (Å²) in [6.07, 6.45) is 1.68. The van der Waals surface area contributed by atoms with E-state index >= 15 is 0 Å². The minimum atomic E-state index is -3.40. The summed E-state index contributed by atoms with van der Waals surface area (Å²) in [5.74, 6) is -0.131. The zero-order valence-electron chi connectivity index (χ0n) is 13.3. The van der Waals surface area contributed by atoms with Crippen molar-refractivity contribution in [2.75, 3.05) is 33.7 Å². The van der Waals surface area contributed by atoms with Crippen LogP contribution in [0.15, 0.2) is 24.3 Å².